The lowest BCUT2D eigenvalue weighted by molar-refractivity contribution is 0.263. The maximum Gasteiger partial charge on any atom is 0.225 e. The fourth-order valence-corrected chi connectivity index (χ4v) is 3.89. The number of anilines is 1. The van der Waals surface area contributed by atoms with Crippen LogP contribution in [0.15, 0.2) is 71.7 Å². The van der Waals surface area contributed by atoms with Crippen LogP contribution in [-0.2, 0) is 6.54 Å². The van der Waals surface area contributed by atoms with Gasteiger partial charge in [0.1, 0.15) is 11.3 Å². The Bertz CT molecular complexity index is 1080. The zero-order valence-corrected chi connectivity index (χ0v) is 16.2. The number of benzene rings is 1. The number of hydrogen-bond donors (Lipinski definition) is 0. The van der Waals surface area contributed by atoms with Gasteiger partial charge in [0.25, 0.3) is 0 Å². The van der Waals surface area contributed by atoms with E-state index in [-0.39, 0.29) is 0 Å². The van der Waals surface area contributed by atoms with E-state index in [4.69, 9.17) is 4.42 Å². The number of hydrogen-bond acceptors (Lipinski definition) is 6. The van der Waals surface area contributed by atoms with Gasteiger partial charge < -0.3 is 9.32 Å². The molecule has 3 aromatic heterocycles. The molecule has 29 heavy (non-hydrogen) atoms. The molecule has 4 aromatic rings. The van der Waals surface area contributed by atoms with Gasteiger partial charge in [0, 0.05) is 61.9 Å². The van der Waals surface area contributed by atoms with Crippen molar-refractivity contribution in [1.29, 1.82) is 0 Å². The van der Waals surface area contributed by atoms with Crippen LogP contribution in [0.25, 0.3) is 22.1 Å². The number of fused-ring (bicyclic) bond motifs is 1. The quantitative estimate of drug-likeness (QED) is 0.529. The molecule has 1 aromatic carbocycles. The first-order chi connectivity index (χ1) is 14.3. The second-order valence-electron chi connectivity index (χ2n) is 7.37. The highest BCUT2D eigenvalue weighted by Crippen LogP contribution is 2.27. The fourth-order valence-electron chi connectivity index (χ4n) is 3.89. The van der Waals surface area contributed by atoms with E-state index < -0.39 is 0 Å². The predicted molar refractivity (Wildman–Crippen MR) is 114 cm³/mol. The Kier molecular flexibility index (Phi) is 4.92. The average Bonchev–Trinajstić information content (AvgIpc) is 3.03. The second kappa shape index (κ2) is 8.01. The van der Waals surface area contributed by atoms with E-state index in [0.29, 0.717) is 0 Å². The van der Waals surface area contributed by atoms with E-state index in [1.165, 1.54) is 0 Å². The lowest BCUT2D eigenvalue weighted by Gasteiger charge is -2.21. The average molecular weight is 385 g/mol. The number of furan rings is 1. The first kappa shape index (κ1) is 17.8. The summed E-state index contributed by atoms with van der Waals surface area (Å²) in [7, 11) is 0. The molecule has 4 heterocycles. The summed E-state index contributed by atoms with van der Waals surface area (Å²) < 4.78 is 6.12. The van der Waals surface area contributed by atoms with Crippen molar-refractivity contribution in [1.82, 2.24) is 19.9 Å². The monoisotopic (exact) mass is 385 g/mol. The second-order valence-corrected chi connectivity index (χ2v) is 7.37. The van der Waals surface area contributed by atoms with E-state index in [9.17, 15) is 0 Å². The summed E-state index contributed by atoms with van der Waals surface area (Å²) in [6.07, 6.45) is 8.38. The van der Waals surface area contributed by atoms with Crippen LogP contribution in [-0.4, -0.2) is 46.0 Å². The van der Waals surface area contributed by atoms with Crippen molar-refractivity contribution < 1.29 is 4.42 Å². The SMILES string of the molecule is c1cnc(N2CCCN(Cc3cc4cc(-c5cccnc5)ccc4o3)CC2)nc1. The molecule has 0 spiro atoms. The maximum atomic E-state index is 6.12. The summed E-state index contributed by atoms with van der Waals surface area (Å²) in [5.74, 6) is 1.83. The highest BCUT2D eigenvalue weighted by atomic mass is 16.3. The van der Waals surface area contributed by atoms with Gasteiger partial charge in [-0.15, -0.1) is 0 Å². The standard InChI is InChI=1S/C23H23N5O/c1-4-19(16-24-7-1)18-5-6-22-20(14-18)15-21(29-22)17-27-10-3-11-28(13-12-27)23-25-8-2-9-26-23/h1-2,4-9,14-16H,3,10-13,17H2. The Morgan fingerprint density at radius 3 is 2.66 bits per heavy atom. The van der Waals surface area contributed by atoms with Gasteiger partial charge in [-0.2, -0.15) is 0 Å². The first-order valence-electron chi connectivity index (χ1n) is 10.0. The molecule has 0 N–H and O–H groups in total. The number of pyridine rings is 1. The van der Waals surface area contributed by atoms with Crippen molar-refractivity contribution in [3.63, 3.8) is 0 Å². The van der Waals surface area contributed by atoms with Gasteiger partial charge in [-0.25, -0.2) is 9.97 Å². The Hall–Kier alpha value is -3.25. The predicted octanol–water partition coefficient (Wildman–Crippen LogP) is 4.00. The zero-order chi connectivity index (χ0) is 19.5. The highest BCUT2D eigenvalue weighted by molar-refractivity contribution is 5.83. The van der Waals surface area contributed by atoms with Crippen molar-refractivity contribution in [2.45, 2.75) is 13.0 Å². The van der Waals surface area contributed by atoms with Crippen LogP contribution < -0.4 is 4.90 Å². The molecule has 6 nitrogen and oxygen atoms in total. The molecule has 0 bridgehead atoms. The molecule has 1 aliphatic rings. The van der Waals surface area contributed by atoms with Crippen LogP contribution in [0.2, 0.25) is 0 Å². The summed E-state index contributed by atoms with van der Waals surface area (Å²) in [5.41, 5.74) is 3.21. The summed E-state index contributed by atoms with van der Waals surface area (Å²) in [4.78, 5) is 17.7. The Balaban J connectivity index is 1.29. The molecule has 6 heteroatoms. The van der Waals surface area contributed by atoms with Crippen LogP contribution in [0.5, 0.6) is 0 Å². The van der Waals surface area contributed by atoms with Crippen molar-refractivity contribution >= 4 is 16.9 Å². The fraction of sp³-hybridized carbons (Fsp3) is 0.261. The van der Waals surface area contributed by atoms with Gasteiger partial charge in [-0.1, -0.05) is 12.1 Å². The topological polar surface area (TPSA) is 58.3 Å². The molecule has 0 radical (unpaired) electrons. The molecule has 1 aliphatic heterocycles. The van der Waals surface area contributed by atoms with E-state index in [1.807, 2.05) is 18.3 Å². The Morgan fingerprint density at radius 1 is 0.862 bits per heavy atom. The summed E-state index contributed by atoms with van der Waals surface area (Å²) >= 11 is 0. The summed E-state index contributed by atoms with van der Waals surface area (Å²) in [5, 5.41) is 1.13. The molecule has 0 atom stereocenters. The molecule has 0 amide bonds. The van der Waals surface area contributed by atoms with Gasteiger partial charge in [0.15, 0.2) is 0 Å². The van der Waals surface area contributed by atoms with Crippen molar-refractivity contribution in [3.8, 4) is 11.1 Å². The highest BCUT2D eigenvalue weighted by Gasteiger charge is 2.18. The Morgan fingerprint density at radius 2 is 1.79 bits per heavy atom. The summed E-state index contributed by atoms with van der Waals surface area (Å²) in [6, 6.07) is 14.4. The number of aromatic nitrogens is 3. The Labute approximate surface area is 169 Å². The molecule has 0 saturated carbocycles. The third kappa shape index (κ3) is 3.98. The molecule has 0 unspecified atom stereocenters. The van der Waals surface area contributed by atoms with Gasteiger partial charge in [0.05, 0.1) is 6.54 Å². The maximum absolute atomic E-state index is 6.12. The molecule has 0 aliphatic carbocycles. The third-order valence-electron chi connectivity index (χ3n) is 5.37. The summed E-state index contributed by atoms with van der Waals surface area (Å²) in [6.45, 7) is 4.74. The minimum atomic E-state index is 0.820. The third-order valence-corrected chi connectivity index (χ3v) is 5.37. The van der Waals surface area contributed by atoms with E-state index >= 15 is 0 Å². The number of rotatable bonds is 4. The lowest BCUT2D eigenvalue weighted by Crippen LogP contribution is -2.31. The van der Waals surface area contributed by atoms with Crippen LogP contribution >= 0.6 is 0 Å². The van der Waals surface area contributed by atoms with Gasteiger partial charge in [-0.3, -0.25) is 9.88 Å². The van der Waals surface area contributed by atoms with Crippen LogP contribution in [0.1, 0.15) is 12.2 Å². The minimum absolute atomic E-state index is 0.820. The van der Waals surface area contributed by atoms with E-state index in [2.05, 4.69) is 55.1 Å². The molecule has 146 valence electrons. The lowest BCUT2D eigenvalue weighted by atomic mass is 10.1. The van der Waals surface area contributed by atoms with Gasteiger partial charge in [0.2, 0.25) is 5.95 Å². The largest absolute Gasteiger partial charge is 0.460 e. The van der Waals surface area contributed by atoms with Crippen LogP contribution in [0.4, 0.5) is 5.95 Å². The number of nitrogens with zero attached hydrogens (tertiary/aromatic N) is 5. The molecule has 5 rings (SSSR count). The van der Waals surface area contributed by atoms with Crippen LogP contribution in [0.3, 0.4) is 0 Å². The smallest absolute Gasteiger partial charge is 0.225 e. The molecular formula is C23H23N5O. The first-order valence-corrected chi connectivity index (χ1v) is 10.0. The minimum Gasteiger partial charge on any atom is -0.460 e. The van der Waals surface area contributed by atoms with Crippen molar-refractivity contribution in [3.05, 3.63) is 73.0 Å². The molecule has 1 saturated heterocycles. The van der Waals surface area contributed by atoms with Crippen molar-refractivity contribution in [2.75, 3.05) is 31.1 Å². The van der Waals surface area contributed by atoms with Gasteiger partial charge in [-0.05, 0) is 42.3 Å². The molecular weight excluding hydrogens is 362 g/mol. The van der Waals surface area contributed by atoms with E-state index in [1.54, 1.807) is 18.6 Å². The van der Waals surface area contributed by atoms with Crippen molar-refractivity contribution in [2.24, 2.45) is 0 Å². The van der Waals surface area contributed by atoms with Gasteiger partial charge >= 0.3 is 0 Å². The molecule has 1 fully saturated rings. The van der Waals surface area contributed by atoms with Crippen LogP contribution in [0, 0.1) is 0 Å². The van der Waals surface area contributed by atoms with E-state index in [0.717, 1.165) is 72.9 Å². The zero-order valence-electron chi connectivity index (χ0n) is 16.2. The normalized spacial score (nSPS) is 15.5.